The highest BCUT2D eigenvalue weighted by atomic mass is 16.5. The molecule has 1 saturated heterocycles. The zero-order valence-electron chi connectivity index (χ0n) is 16.4. The van der Waals surface area contributed by atoms with Crippen LogP contribution >= 0.6 is 0 Å². The quantitative estimate of drug-likeness (QED) is 0.801. The number of methoxy groups -OCH3 is 1. The molecule has 2 aromatic rings. The molecule has 1 N–H and O–H groups in total. The predicted molar refractivity (Wildman–Crippen MR) is 107 cm³/mol. The van der Waals surface area contributed by atoms with E-state index in [4.69, 9.17) is 4.74 Å². The van der Waals surface area contributed by atoms with Crippen molar-refractivity contribution in [3.8, 4) is 5.75 Å². The normalized spacial score (nSPS) is 19.4. The Morgan fingerprint density at radius 1 is 1.25 bits per heavy atom. The van der Waals surface area contributed by atoms with Crippen molar-refractivity contribution in [3.63, 3.8) is 0 Å². The van der Waals surface area contributed by atoms with Gasteiger partial charge in [0.15, 0.2) is 0 Å². The zero-order chi connectivity index (χ0) is 19.9. The average Bonchev–Trinajstić information content (AvgIpc) is 2.74. The highest BCUT2D eigenvalue weighted by molar-refractivity contribution is 5.85. The number of nitrogens with one attached hydrogen (secondary N) is 1. The molecule has 28 heavy (non-hydrogen) atoms. The van der Waals surface area contributed by atoms with E-state index in [9.17, 15) is 9.59 Å². The van der Waals surface area contributed by atoms with Crippen LogP contribution in [0, 0.1) is 5.92 Å². The van der Waals surface area contributed by atoms with Crippen molar-refractivity contribution < 1.29 is 14.3 Å². The van der Waals surface area contributed by atoms with Gasteiger partial charge in [0.1, 0.15) is 5.75 Å². The molecular weight excluding hydrogens is 354 g/mol. The number of rotatable bonds is 7. The van der Waals surface area contributed by atoms with Crippen molar-refractivity contribution in [1.82, 2.24) is 15.2 Å². The summed E-state index contributed by atoms with van der Waals surface area (Å²) in [5.74, 6) is 0.573. The molecule has 0 radical (unpaired) electrons. The second kappa shape index (κ2) is 9.35. The molecule has 0 spiro atoms. The van der Waals surface area contributed by atoms with Crippen LogP contribution in [0.5, 0.6) is 5.75 Å². The third-order valence-corrected chi connectivity index (χ3v) is 5.25. The molecule has 148 valence electrons. The fourth-order valence-electron chi connectivity index (χ4n) is 3.80. The Hall–Kier alpha value is -2.89. The van der Waals surface area contributed by atoms with Gasteiger partial charge in [-0.3, -0.25) is 14.6 Å². The summed E-state index contributed by atoms with van der Waals surface area (Å²) in [5.41, 5.74) is 1.91. The molecule has 2 amide bonds. The number of piperidine rings is 1. The average molecular weight is 381 g/mol. The number of likely N-dealkylation sites (tertiary alicyclic amines) is 1. The molecule has 1 aromatic heterocycles. The number of amides is 2. The maximum atomic E-state index is 13.0. The summed E-state index contributed by atoms with van der Waals surface area (Å²) in [4.78, 5) is 31.5. The second-order valence-electron chi connectivity index (χ2n) is 6.91. The van der Waals surface area contributed by atoms with E-state index in [-0.39, 0.29) is 23.8 Å². The molecule has 1 aromatic carbocycles. The Kier molecular flexibility index (Phi) is 6.63. The molecule has 1 aliphatic rings. The summed E-state index contributed by atoms with van der Waals surface area (Å²) < 4.78 is 5.23. The fraction of sp³-hybridized carbons (Fsp3) is 0.409. The molecule has 6 nitrogen and oxygen atoms in total. The summed E-state index contributed by atoms with van der Waals surface area (Å²) in [7, 11) is 1.62. The minimum absolute atomic E-state index is 0.0114. The number of nitrogens with zero attached hydrogens (tertiary/aromatic N) is 2. The molecule has 6 heteroatoms. The smallest absolute Gasteiger partial charge is 0.225 e. The Bertz CT molecular complexity index is 792. The number of hydrogen-bond acceptors (Lipinski definition) is 4. The number of ether oxygens (including phenoxy) is 1. The van der Waals surface area contributed by atoms with E-state index in [0.717, 1.165) is 17.0 Å². The molecule has 3 rings (SSSR count). The monoisotopic (exact) mass is 381 g/mol. The first-order chi connectivity index (χ1) is 13.6. The van der Waals surface area contributed by atoms with Gasteiger partial charge < -0.3 is 15.0 Å². The number of aromatic nitrogens is 1. The van der Waals surface area contributed by atoms with Gasteiger partial charge in [-0.15, -0.1) is 0 Å². The van der Waals surface area contributed by atoms with Gasteiger partial charge in [-0.1, -0.05) is 18.2 Å². The first-order valence-corrected chi connectivity index (χ1v) is 9.75. The van der Waals surface area contributed by atoms with Gasteiger partial charge in [0.25, 0.3) is 0 Å². The van der Waals surface area contributed by atoms with Crippen LogP contribution in [0.4, 0.5) is 0 Å². The molecular formula is C22H27N3O3. The van der Waals surface area contributed by atoms with Crippen LogP contribution in [0.1, 0.15) is 37.1 Å². The van der Waals surface area contributed by atoms with Crippen LogP contribution in [0.3, 0.4) is 0 Å². The van der Waals surface area contributed by atoms with Gasteiger partial charge in [-0.2, -0.15) is 0 Å². The van der Waals surface area contributed by atoms with Crippen LogP contribution in [0.2, 0.25) is 0 Å². The van der Waals surface area contributed by atoms with Gasteiger partial charge >= 0.3 is 0 Å². The van der Waals surface area contributed by atoms with E-state index >= 15 is 0 Å². The Morgan fingerprint density at radius 3 is 2.68 bits per heavy atom. The lowest BCUT2D eigenvalue weighted by atomic mass is 9.83. The first kappa shape index (κ1) is 19.9. The van der Waals surface area contributed by atoms with Crippen LogP contribution in [-0.4, -0.2) is 41.9 Å². The van der Waals surface area contributed by atoms with Crippen LogP contribution in [0.25, 0.3) is 0 Å². The van der Waals surface area contributed by atoms with Crippen molar-refractivity contribution in [2.24, 2.45) is 5.92 Å². The lowest BCUT2D eigenvalue weighted by molar-refractivity contribution is -0.143. The van der Waals surface area contributed by atoms with E-state index in [1.54, 1.807) is 13.3 Å². The maximum absolute atomic E-state index is 13.0. The van der Waals surface area contributed by atoms with E-state index in [0.29, 0.717) is 32.4 Å². The summed E-state index contributed by atoms with van der Waals surface area (Å²) in [5, 5.41) is 3.04. The van der Waals surface area contributed by atoms with E-state index in [1.165, 1.54) is 0 Å². The van der Waals surface area contributed by atoms with E-state index < -0.39 is 0 Å². The Labute approximate surface area is 165 Å². The zero-order valence-corrected chi connectivity index (χ0v) is 16.4. The molecule has 0 unspecified atom stereocenters. The van der Waals surface area contributed by atoms with Gasteiger partial charge in [0.2, 0.25) is 11.8 Å². The van der Waals surface area contributed by atoms with Gasteiger partial charge in [0, 0.05) is 37.8 Å². The lowest BCUT2D eigenvalue weighted by Crippen LogP contribution is -2.48. The highest BCUT2D eigenvalue weighted by Gasteiger charge is 2.39. The predicted octanol–water partition coefficient (Wildman–Crippen LogP) is 2.75. The minimum Gasteiger partial charge on any atom is -0.497 e. The summed E-state index contributed by atoms with van der Waals surface area (Å²) in [6, 6.07) is 13.1. The Morgan fingerprint density at radius 2 is 2.04 bits per heavy atom. The fourth-order valence-corrected chi connectivity index (χ4v) is 3.80. The second-order valence-corrected chi connectivity index (χ2v) is 6.91. The van der Waals surface area contributed by atoms with Crippen molar-refractivity contribution in [2.75, 3.05) is 20.2 Å². The number of carbonyl (C=O) groups is 2. The third-order valence-electron chi connectivity index (χ3n) is 5.25. The maximum Gasteiger partial charge on any atom is 0.225 e. The number of benzene rings is 1. The summed E-state index contributed by atoms with van der Waals surface area (Å²) in [6.45, 7) is 3.06. The highest BCUT2D eigenvalue weighted by Crippen LogP contribution is 2.37. The molecule has 1 fully saturated rings. The van der Waals surface area contributed by atoms with E-state index in [1.807, 2.05) is 54.3 Å². The van der Waals surface area contributed by atoms with Crippen molar-refractivity contribution in [2.45, 2.75) is 32.2 Å². The Balaban J connectivity index is 1.73. The van der Waals surface area contributed by atoms with E-state index in [2.05, 4.69) is 10.3 Å². The molecule has 1 aliphatic heterocycles. The number of hydrogen-bond donors (Lipinski definition) is 1. The van der Waals surface area contributed by atoms with Crippen LogP contribution in [0.15, 0.2) is 48.7 Å². The lowest BCUT2D eigenvalue weighted by Gasteiger charge is -2.40. The van der Waals surface area contributed by atoms with Crippen molar-refractivity contribution >= 4 is 11.8 Å². The molecule has 2 atom stereocenters. The van der Waals surface area contributed by atoms with Crippen LogP contribution in [-0.2, 0) is 16.0 Å². The van der Waals surface area contributed by atoms with Crippen molar-refractivity contribution in [1.29, 1.82) is 0 Å². The number of carbonyl (C=O) groups excluding carboxylic acids is 2. The van der Waals surface area contributed by atoms with Gasteiger partial charge in [0.05, 0.1) is 19.1 Å². The van der Waals surface area contributed by atoms with Crippen molar-refractivity contribution in [3.05, 3.63) is 59.9 Å². The SMILES string of the molecule is CCN1C(=O)CC[C@@H](C(=O)NCCc2ccccn2)[C@@H]1c1ccc(OC)cc1. The summed E-state index contributed by atoms with van der Waals surface area (Å²) >= 11 is 0. The molecule has 0 aliphatic carbocycles. The minimum atomic E-state index is -0.269. The number of pyridine rings is 1. The summed E-state index contributed by atoms with van der Waals surface area (Å²) in [6.07, 6.45) is 3.39. The first-order valence-electron chi connectivity index (χ1n) is 9.75. The standard InChI is InChI=1S/C22H27N3O3/c1-3-25-20(26)12-11-19(21(25)16-7-9-18(28-2)10-8-16)22(27)24-15-13-17-6-4-5-14-23-17/h4-10,14,19,21H,3,11-13,15H2,1-2H3,(H,24,27)/t19-,21+/m1/s1. The molecule has 0 bridgehead atoms. The van der Waals surface area contributed by atoms with Crippen LogP contribution < -0.4 is 10.1 Å². The molecule has 2 heterocycles. The van der Waals surface area contributed by atoms with Gasteiger partial charge in [-0.05, 0) is 43.2 Å². The topological polar surface area (TPSA) is 71.5 Å². The molecule has 0 saturated carbocycles. The third kappa shape index (κ3) is 4.50. The largest absolute Gasteiger partial charge is 0.497 e. The van der Waals surface area contributed by atoms with Gasteiger partial charge in [-0.25, -0.2) is 0 Å².